The first kappa shape index (κ1) is 16.5. The maximum Gasteiger partial charge on any atom is 0.673 e. The van der Waals surface area contributed by atoms with Crippen molar-refractivity contribution in [2.45, 2.75) is 19.3 Å². The summed E-state index contributed by atoms with van der Waals surface area (Å²) in [5.41, 5.74) is 2.16. The Labute approximate surface area is 125 Å². The topological polar surface area (TPSA) is 37.3 Å². The molecule has 1 aliphatic heterocycles. The van der Waals surface area contributed by atoms with E-state index in [0.29, 0.717) is 0 Å². The number of aromatic amines is 1. The van der Waals surface area contributed by atoms with Gasteiger partial charge in [-0.05, 0) is 31.4 Å². The number of benzene rings is 1. The molecular formula is C14H17BF4N2O. The fourth-order valence-corrected chi connectivity index (χ4v) is 2.70. The number of quaternary nitrogens is 1. The molecule has 0 amide bonds. The van der Waals surface area contributed by atoms with Gasteiger partial charge in [-0.3, -0.25) is 9.69 Å². The third kappa shape index (κ3) is 4.10. The molecule has 2 aromatic rings. The Morgan fingerprint density at radius 1 is 1.14 bits per heavy atom. The molecule has 0 fully saturated rings. The fraction of sp³-hybridized carbons (Fsp3) is 0.357. The zero-order valence-corrected chi connectivity index (χ0v) is 12.1. The second-order valence-corrected chi connectivity index (χ2v) is 5.34. The van der Waals surface area contributed by atoms with E-state index in [1.807, 2.05) is 24.3 Å². The van der Waals surface area contributed by atoms with Crippen LogP contribution in [0.5, 0.6) is 0 Å². The minimum atomic E-state index is -6.00. The van der Waals surface area contributed by atoms with Crippen LogP contribution >= 0.6 is 0 Å². The molecule has 0 saturated carbocycles. The molecule has 2 N–H and O–H groups in total. The number of hydrogen-bond donors (Lipinski definition) is 2. The molecule has 0 radical (unpaired) electrons. The number of rotatable bonds is 0. The smallest absolute Gasteiger partial charge is 0.418 e. The SMILES string of the molecule is C[NH+]1CCCCc2c1[nH]c1ccccc1c2=O.F[B-](F)(F)F. The number of halogens is 4. The Balaban J connectivity index is 0.000000309. The summed E-state index contributed by atoms with van der Waals surface area (Å²) in [5.74, 6) is 1.09. The summed E-state index contributed by atoms with van der Waals surface area (Å²) in [5, 5.41) is 0.820. The van der Waals surface area contributed by atoms with Gasteiger partial charge in [0.05, 0.1) is 24.7 Å². The normalized spacial score (nSPS) is 18.1. The first-order valence-electron chi connectivity index (χ1n) is 7.11. The second-order valence-electron chi connectivity index (χ2n) is 5.34. The van der Waals surface area contributed by atoms with E-state index >= 15 is 0 Å². The molecule has 3 rings (SSSR count). The predicted molar refractivity (Wildman–Crippen MR) is 79.1 cm³/mol. The highest BCUT2D eigenvalue weighted by Crippen LogP contribution is 2.16. The van der Waals surface area contributed by atoms with Crippen LogP contribution in [0.4, 0.5) is 23.1 Å². The monoisotopic (exact) mass is 316 g/mol. The lowest BCUT2D eigenvalue weighted by atomic mass is 10.1. The molecule has 0 spiro atoms. The lowest BCUT2D eigenvalue weighted by Gasteiger charge is -2.13. The van der Waals surface area contributed by atoms with Crippen LogP contribution in [-0.4, -0.2) is 25.8 Å². The molecular weight excluding hydrogens is 299 g/mol. The van der Waals surface area contributed by atoms with Crippen LogP contribution in [0.2, 0.25) is 0 Å². The molecule has 1 unspecified atom stereocenters. The molecule has 22 heavy (non-hydrogen) atoms. The summed E-state index contributed by atoms with van der Waals surface area (Å²) >= 11 is 0. The van der Waals surface area contributed by atoms with E-state index in [-0.39, 0.29) is 5.43 Å². The molecule has 1 aliphatic rings. The predicted octanol–water partition coefficient (Wildman–Crippen LogP) is 2.31. The molecule has 0 aliphatic carbocycles. The fourth-order valence-electron chi connectivity index (χ4n) is 2.70. The standard InChI is InChI=1S/C14H16N2O.BF4/c1-16-9-5-4-7-11-13(17)10-6-2-3-8-12(10)15-14(11)16;2-1(3,4)5/h2-3,6,8H,4-5,7,9H2,1H3,(H,15,17);/q;-1/p+1. The number of aromatic nitrogens is 1. The number of pyridine rings is 1. The van der Waals surface area contributed by atoms with Gasteiger partial charge in [-0.2, -0.15) is 0 Å². The average Bonchev–Trinajstić information content (AvgIpc) is 2.60. The largest absolute Gasteiger partial charge is 0.673 e. The van der Waals surface area contributed by atoms with E-state index in [0.717, 1.165) is 41.7 Å². The summed E-state index contributed by atoms with van der Waals surface area (Å²) in [6.07, 6.45) is 3.21. The number of H-pyrrole nitrogens is 1. The molecule has 1 aromatic carbocycles. The van der Waals surface area contributed by atoms with Crippen LogP contribution in [0.15, 0.2) is 29.1 Å². The van der Waals surface area contributed by atoms with Crippen molar-refractivity contribution >= 4 is 24.0 Å². The summed E-state index contributed by atoms with van der Waals surface area (Å²) in [4.78, 5) is 17.2. The summed E-state index contributed by atoms with van der Waals surface area (Å²) in [7, 11) is -3.87. The third-order valence-corrected chi connectivity index (χ3v) is 3.66. The Hall–Kier alpha value is -1.83. The van der Waals surface area contributed by atoms with Gasteiger partial charge in [-0.25, -0.2) is 0 Å². The van der Waals surface area contributed by atoms with Gasteiger partial charge in [0.1, 0.15) is 0 Å². The quantitative estimate of drug-likeness (QED) is 0.568. The first-order valence-corrected chi connectivity index (χ1v) is 7.11. The van der Waals surface area contributed by atoms with Crippen molar-refractivity contribution < 1.29 is 22.2 Å². The molecule has 1 atom stereocenters. The van der Waals surface area contributed by atoms with Crippen molar-refractivity contribution in [2.24, 2.45) is 0 Å². The number of para-hydroxylation sites is 1. The second kappa shape index (κ2) is 6.52. The van der Waals surface area contributed by atoms with E-state index in [1.165, 1.54) is 11.3 Å². The van der Waals surface area contributed by atoms with E-state index in [1.54, 1.807) is 0 Å². The summed E-state index contributed by atoms with van der Waals surface area (Å²) < 4.78 is 39.0. The van der Waals surface area contributed by atoms with Crippen LogP contribution < -0.4 is 10.3 Å². The summed E-state index contributed by atoms with van der Waals surface area (Å²) in [6.45, 7) is 1.10. The number of fused-ring (bicyclic) bond motifs is 2. The van der Waals surface area contributed by atoms with Gasteiger partial charge in [-0.1, -0.05) is 12.1 Å². The molecule has 1 aromatic heterocycles. The van der Waals surface area contributed by atoms with Crippen LogP contribution in [0.25, 0.3) is 10.9 Å². The highest BCUT2D eigenvalue weighted by molar-refractivity contribution is 6.50. The molecule has 120 valence electrons. The summed E-state index contributed by atoms with van der Waals surface area (Å²) in [6, 6.07) is 7.79. The van der Waals surface area contributed by atoms with Crippen LogP contribution in [0, 0.1) is 0 Å². The van der Waals surface area contributed by atoms with E-state index in [9.17, 15) is 22.1 Å². The Morgan fingerprint density at radius 2 is 1.77 bits per heavy atom. The highest BCUT2D eigenvalue weighted by Gasteiger charge is 2.21. The van der Waals surface area contributed by atoms with Crippen molar-refractivity contribution in [1.29, 1.82) is 0 Å². The van der Waals surface area contributed by atoms with E-state index < -0.39 is 7.25 Å². The lowest BCUT2D eigenvalue weighted by molar-refractivity contribution is -0.812. The molecule has 0 bridgehead atoms. The number of nitrogens with one attached hydrogen (secondary N) is 2. The highest BCUT2D eigenvalue weighted by atomic mass is 19.5. The van der Waals surface area contributed by atoms with Gasteiger partial charge in [-0.15, -0.1) is 0 Å². The Morgan fingerprint density at radius 3 is 2.45 bits per heavy atom. The van der Waals surface area contributed by atoms with Gasteiger partial charge < -0.3 is 22.2 Å². The van der Waals surface area contributed by atoms with Gasteiger partial charge in [0.15, 0.2) is 5.43 Å². The maximum absolute atomic E-state index is 12.4. The number of hydrogen-bond acceptors (Lipinski definition) is 1. The van der Waals surface area contributed by atoms with Crippen molar-refractivity contribution in [1.82, 2.24) is 4.98 Å². The van der Waals surface area contributed by atoms with Crippen molar-refractivity contribution in [3.8, 4) is 0 Å². The Kier molecular flexibility index (Phi) is 4.90. The Bertz CT molecular complexity index is 708. The molecule has 2 heterocycles. The zero-order valence-electron chi connectivity index (χ0n) is 12.1. The zero-order chi connectivity index (χ0) is 16.3. The van der Waals surface area contributed by atoms with Crippen molar-refractivity contribution in [3.63, 3.8) is 0 Å². The van der Waals surface area contributed by atoms with Crippen molar-refractivity contribution in [3.05, 3.63) is 40.1 Å². The molecule has 0 saturated heterocycles. The minimum absolute atomic E-state index is 0.218. The van der Waals surface area contributed by atoms with Crippen LogP contribution in [-0.2, 0) is 6.42 Å². The van der Waals surface area contributed by atoms with Gasteiger partial charge in [0.25, 0.3) is 0 Å². The third-order valence-electron chi connectivity index (χ3n) is 3.66. The lowest BCUT2D eigenvalue weighted by Crippen LogP contribution is -3.04. The van der Waals surface area contributed by atoms with Crippen LogP contribution in [0.3, 0.4) is 0 Å². The minimum Gasteiger partial charge on any atom is -0.418 e. The van der Waals surface area contributed by atoms with Gasteiger partial charge in [0, 0.05) is 5.39 Å². The van der Waals surface area contributed by atoms with Crippen LogP contribution in [0.1, 0.15) is 18.4 Å². The van der Waals surface area contributed by atoms with E-state index in [2.05, 4.69) is 12.0 Å². The van der Waals surface area contributed by atoms with Gasteiger partial charge in [0.2, 0.25) is 5.82 Å². The first-order chi connectivity index (χ1) is 10.3. The van der Waals surface area contributed by atoms with Gasteiger partial charge >= 0.3 is 7.25 Å². The van der Waals surface area contributed by atoms with E-state index in [4.69, 9.17) is 0 Å². The van der Waals surface area contributed by atoms with Crippen molar-refractivity contribution in [2.75, 3.05) is 13.6 Å². The maximum atomic E-state index is 12.4. The molecule has 3 nitrogen and oxygen atoms in total. The molecule has 8 heteroatoms. The average molecular weight is 316 g/mol.